The molecule has 0 aliphatic rings. The predicted octanol–water partition coefficient (Wildman–Crippen LogP) is 15.3. The molecule has 0 aromatic carbocycles. The highest BCUT2D eigenvalue weighted by molar-refractivity contribution is 5.77. The lowest BCUT2D eigenvalue weighted by atomic mass is 10.1. The number of nitrogens with zero attached hydrogens (tertiary/aromatic N) is 2. The van der Waals surface area contributed by atoms with Crippen LogP contribution in [0.5, 0.6) is 0 Å². The first-order chi connectivity index (χ1) is 24.7. The third-order valence-electron chi connectivity index (χ3n) is 11.3. The van der Waals surface area contributed by atoms with E-state index >= 15 is 0 Å². The highest BCUT2D eigenvalue weighted by Gasteiger charge is 2.09. The van der Waals surface area contributed by atoms with Gasteiger partial charge in [0.25, 0.3) is 0 Å². The van der Waals surface area contributed by atoms with E-state index < -0.39 is 0 Å². The molecule has 0 rings (SSSR count). The van der Waals surface area contributed by atoms with Crippen LogP contribution >= 0.6 is 0 Å². The molecule has 0 aliphatic heterocycles. The van der Waals surface area contributed by atoms with Crippen molar-refractivity contribution in [1.82, 2.24) is 9.80 Å². The molecule has 0 saturated carbocycles. The third-order valence-corrected chi connectivity index (χ3v) is 11.3. The first kappa shape index (κ1) is 49.6. The van der Waals surface area contributed by atoms with Crippen molar-refractivity contribution < 1.29 is 4.79 Å². The average Bonchev–Trinajstić information content (AvgIpc) is 3.12. The number of hydrogen-bond donors (Lipinski definition) is 0. The van der Waals surface area contributed by atoms with E-state index in [0.29, 0.717) is 12.2 Å². The summed E-state index contributed by atoms with van der Waals surface area (Å²) in [4.78, 5) is 17.4. The maximum Gasteiger partial charge on any atom is 0.132 e. The highest BCUT2D eigenvalue weighted by Crippen LogP contribution is 2.15. The number of Topliss-reactive ketones (excluding diaryl/α,β-unsaturated/α-hetero) is 1. The SMILES string of the molecule is CCCCCCCCCCCCN(CCCCCCCCCCCC)CCCN(CCCCCCCCCCCC)CCCCCC(=O)CC. The van der Waals surface area contributed by atoms with Gasteiger partial charge in [0.1, 0.15) is 5.78 Å². The van der Waals surface area contributed by atoms with Gasteiger partial charge in [-0.1, -0.05) is 207 Å². The molecule has 0 fully saturated rings. The summed E-state index contributed by atoms with van der Waals surface area (Å²) in [5.74, 6) is 0.442. The van der Waals surface area contributed by atoms with E-state index in [4.69, 9.17) is 0 Å². The van der Waals surface area contributed by atoms with Gasteiger partial charge in [-0.2, -0.15) is 0 Å². The van der Waals surface area contributed by atoms with Crippen molar-refractivity contribution in [3.05, 3.63) is 0 Å². The van der Waals surface area contributed by atoms with E-state index in [1.165, 1.54) is 251 Å². The Bertz CT molecular complexity index is 613. The zero-order valence-corrected chi connectivity index (χ0v) is 35.5. The van der Waals surface area contributed by atoms with E-state index in [1.807, 2.05) is 6.92 Å². The molecule has 0 atom stereocenters. The molecule has 300 valence electrons. The van der Waals surface area contributed by atoms with E-state index in [9.17, 15) is 4.79 Å². The third kappa shape index (κ3) is 38.8. The van der Waals surface area contributed by atoms with Crippen molar-refractivity contribution in [2.75, 3.05) is 39.3 Å². The van der Waals surface area contributed by atoms with Crippen LogP contribution in [0.2, 0.25) is 0 Å². The van der Waals surface area contributed by atoms with Crippen LogP contribution in [-0.4, -0.2) is 54.9 Å². The van der Waals surface area contributed by atoms with Gasteiger partial charge < -0.3 is 9.80 Å². The first-order valence-corrected chi connectivity index (χ1v) is 23.6. The summed E-state index contributed by atoms with van der Waals surface area (Å²) < 4.78 is 0. The fraction of sp³-hybridized carbons (Fsp3) is 0.979. The van der Waals surface area contributed by atoms with Crippen molar-refractivity contribution in [3.63, 3.8) is 0 Å². The molecule has 0 saturated heterocycles. The van der Waals surface area contributed by atoms with Crippen LogP contribution < -0.4 is 0 Å². The summed E-state index contributed by atoms with van der Waals surface area (Å²) in [5.41, 5.74) is 0. The Kier molecular flexibility index (Phi) is 42.6. The van der Waals surface area contributed by atoms with E-state index in [2.05, 4.69) is 30.6 Å². The Morgan fingerprint density at radius 2 is 0.500 bits per heavy atom. The fourth-order valence-corrected chi connectivity index (χ4v) is 7.67. The molecule has 0 unspecified atom stereocenters. The summed E-state index contributed by atoms with van der Waals surface area (Å²) in [6.07, 6.45) is 49.2. The molecule has 0 radical (unpaired) electrons. The molecule has 0 aliphatic carbocycles. The van der Waals surface area contributed by atoms with Crippen LogP contribution in [0.25, 0.3) is 0 Å². The molecule has 0 aromatic rings. The van der Waals surface area contributed by atoms with Gasteiger partial charge in [-0.05, 0) is 77.8 Å². The van der Waals surface area contributed by atoms with Crippen molar-refractivity contribution >= 4 is 5.78 Å². The normalized spacial score (nSPS) is 11.8. The van der Waals surface area contributed by atoms with Crippen LogP contribution in [0.15, 0.2) is 0 Å². The zero-order valence-electron chi connectivity index (χ0n) is 35.5. The lowest BCUT2D eigenvalue weighted by Crippen LogP contribution is -2.32. The second-order valence-corrected chi connectivity index (χ2v) is 16.3. The minimum Gasteiger partial charge on any atom is -0.303 e. The molecule has 3 heteroatoms. The maximum atomic E-state index is 11.8. The largest absolute Gasteiger partial charge is 0.303 e. The summed E-state index contributed by atoms with van der Waals surface area (Å²) in [6, 6.07) is 0. The second kappa shape index (κ2) is 43.0. The second-order valence-electron chi connectivity index (χ2n) is 16.3. The van der Waals surface area contributed by atoms with Crippen molar-refractivity contribution in [2.24, 2.45) is 0 Å². The highest BCUT2D eigenvalue weighted by atomic mass is 16.1. The van der Waals surface area contributed by atoms with E-state index in [0.717, 1.165) is 12.8 Å². The lowest BCUT2D eigenvalue weighted by molar-refractivity contribution is -0.118. The zero-order chi connectivity index (χ0) is 36.4. The van der Waals surface area contributed by atoms with Crippen molar-refractivity contribution in [1.29, 1.82) is 0 Å². The fourth-order valence-electron chi connectivity index (χ4n) is 7.67. The number of carbonyl (C=O) groups excluding carboxylic acids is 1. The lowest BCUT2D eigenvalue weighted by Gasteiger charge is -2.26. The Morgan fingerprint density at radius 3 is 0.760 bits per heavy atom. The summed E-state index contributed by atoms with van der Waals surface area (Å²) in [7, 11) is 0. The Balaban J connectivity index is 4.61. The van der Waals surface area contributed by atoms with Gasteiger partial charge in [0, 0.05) is 12.8 Å². The molecule has 0 spiro atoms. The van der Waals surface area contributed by atoms with Gasteiger partial charge in [0.15, 0.2) is 0 Å². The Hall–Kier alpha value is -0.410. The Labute approximate surface area is 317 Å². The van der Waals surface area contributed by atoms with Crippen LogP contribution in [0.4, 0.5) is 0 Å². The molecule has 50 heavy (non-hydrogen) atoms. The minimum atomic E-state index is 0.442. The molecular weight excluding hydrogens is 609 g/mol. The number of hydrogen-bond acceptors (Lipinski definition) is 3. The molecule has 3 nitrogen and oxygen atoms in total. The molecule has 0 heterocycles. The maximum absolute atomic E-state index is 11.8. The van der Waals surface area contributed by atoms with Crippen molar-refractivity contribution in [2.45, 2.75) is 259 Å². The van der Waals surface area contributed by atoms with Gasteiger partial charge >= 0.3 is 0 Å². The Morgan fingerprint density at radius 1 is 0.280 bits per heavy atom. The predicted molar refractivity (Wildman–Crippen MR) is 227 cm³/mol. The van der Waals surface area contributed by atoms with Crippen LogP contribution in [-0.2, 0) is 4.79 Å². The van der Waals surface area contributed by atoms with E-state index in [1.54, 1.807) is 0 Å². The monoisotopic (exact) mass is 705 g/mol. The summed E-state index contributed by atoms with van der Waals surface area (Å²) in [5, 5.41) is 0. The molecular formula is C47H96N2O. The topological polar surface area (TPSA) is 23.6 Å². The van der Waals surface area contributed by atoms with Gasteiger partial charge in [0.2, 0.25) is 0 Å². The number of ketones is 1. The molecule has 0 bridgehead atoms. The van der Waals surface area contributed by atoms with Gasteiger partial charge in [-0.25, -0.2) is 0 Å². The number of unbranched alkanes of at least 4 members (excludes halogenated alkanes) is 29. The first-order valence-electron chi connectivity index (χ1n) is 23.6. The number of carbonyl (C=O) groups is 1. The van der Waals surface area contributed by atoms with Gasteiger partial charge in [-0.15, -0.1) is 0 Å². The minimum absolute atomic E-state index is 0.442. The quantitative estimate of drug-likeness (QED) is 0.0590. The summed E-state index contributed by atoms with van der Waals surface area (Å²) >= 11 is 0. The standard InChI is InChI=1S/C47H96N2O/c1-5-9-12-15-18-21-24-27-30-35-41-48(42-36-31-28-25-22-19-16-13-10-6-2)45-39-46-49(44-38-33-34-40-47(50)8-4)43-37-32-29-26-23-20-17-14-11-7-3/h5-46H2,1-4H3. The smallest absolute Gasteiger partial charge is 0.132 e. The molecule has 0 aromatic heterocycles. The van der Waals surface area contributed by atoms with E-state index in [-0.39, 0.29) is 0 Å². The summed E-state index contributed by atoms with van der Waals surface area (Å²) in [6.45, 7) is 16.6. The number of rotatable bonds is 44. The molecule has 0 N–H and O–H groups in total. The van der Waals surface area contributed by atoms with Crippen LogP contribution in [0.3, 0.4) is 0 Å². The van der Waals surface area contributed by atoms with Gasteiger partial charge in [-0.3, -0.25) is 4.79 Å². The van der Waals surface area contributed by atoms with Crippen molar-refractivity contribution in [3.8, 4) is 0 Å². The van der Waals surface area contributed by atoms with Crippen LogP contribution in [0, 0.1) is 0 Å². The molecule has 0 amide bonds. The average molecular weight is 705 g/mol. The van der Waals surface area contributed by atoms with Gasteiger partial charge in [0.05, 0.1) is 0 Å². The van der Waals surface area contributed by atoms with Crippen LogP contribution in [0.1, 0.15) is 259 Å².